The zero-order valence-corrected chi connectivity index (χ0v) is 12.2. The van der Waals surface area contributed by atoms with Gasteiger partial charge in [-0.05, 0) is 27.2 Å². The molecule has 0 radical (unpaired) electrons. The number of carbonyl (C=O) groups excluding carboxylic acids is 3. The number of hydrogen-bond acceptors (Lipinski definition) is 4. The standard InChI is InChI=1S/C13H23N3O3/c1-6-13(3,4)15-11(18)8(2)14-9-7-10(17)16(5)12(9)19/h8-9,14H,6-7H2,1-5H3,(H,15,18). The van der Waals surface area contributed by atoms with Gasteiger partial charge in [0.25, 0.3) is 0 Å². The number of nitrogens with zero attached hydrogens (tertiary/aromatic N) is 1. The van der Waals surface area contributed by atoms with Crippen molar-refractivity contribution in [3.8, 4) is 0 Å². The highest BCUT2D eigenvalue weighted by molar-refractivity contribution is 6.05. The topological polar surface area (TPSA) is 78.5 Å². The maximum atomic E-state index is 12.0. The van der Waals surface area contributed by atoms with Gasteiger partial charge in [-0.15, -0.1) is 0 Å². The number of imide groups is 1. The summed E-state index contributed by atoms with van der Waals surface area (Å²) in [7, 11) is 1.46. The first-order valence-corrected chi connectivity index (χ1v) is 6.56. The van der Waals surface area contributed by atoms with Crippen LogP contribution >= 0.6 is 0 Å². The molecule has 0 aromatic heterocycles. The van der Waals surface area contributed by atoms with E-state index in [9.17, 15) is 14.4 Å². The van der Waals surface area contributed by atoms with Gasteiger partial charge in [0.1, 0.15) is 0 Å². The average molecular weight is 269 g/mol. The van der Waals surface area contributed by atoms with Gasteiger partial charge in [0.05, 0.1) is 18.5 Å². The third-order valence-corrected chi connectivity index (χ3v) is 3.57. The average Bonchev–Trinajstić information content (AvgIpc) is 2.56. The fourth-order valence-electron chi connectivity index (χ4n) is 1.79. The molecule has 0 spiro atoms. The Bertz CT molecular complexity index is 393. The van der Waals surface area contributed by atoms with Gasteiger partial charge in [-0.3, -0.25) is 24.6 Å². The Kier molecular flexibility index (Phi) is 4.68. The van der Waals surface area contributed by atoms with Crippen molar-refractivity contribution in [1.29, 1.82) is 0 Å². The Morgan fingerprint density at radius 2 is 2.05 bits per heavy atom. The van der Waals surface area contributed by atoms with E-state index < -0.39 is 12.1 Å². The Morgan fingerprint density at radius 1 is 1.47 bits per heavy atom. The van der Waals surface area contributed by atoms with Crippen LogP contribution < -0.4 is 10.6 Å². The van der Waals surface area contributed by atoms with E-state index in [1.165, 1.54) is 7.05 Å². The Labute approximate surface area is 113 Å². The van der Waals surface area contributed by atoms with Crippen LogP contribution in [0, 0.1) is 0 Å². The van der Waals surface area contributed by atoms with E-state index in [-0.39, 0.29) is 29.7 Å². The van der Waals surface area contributed by atoms with Crippen molar-refractivity contribution in [2.75, 3.05) is 7.05 Å². The van der Waals surface area contributed by atoms with Crippen molar-refractivity contribution in [3.63, 3.8) is 0 Å². The second-order valence-electron chi connectivity index (χ2n) is 5.66. The first-order chi connectivity index (χ1) is 8.68. The molecule has 2 N–H and O–H groups in total. The largest absolute Gasteiger partial charge is 0.350 e. The molecule has 1 fully saturated rings. The van der Waals surface area contributed by atoms with Gasteiger partial charge >= 0.3 is 0 Å². The van der Waals surface area contributed by atoms with E-state index in [4.69, 9.17) is 0 Å². The smallest absolute Gasteiger partial charge is 0.246 e. The predicted octanol–water partition coefficient (Wildman–Crippen LogP) is 0.0266. The van der Waals surface area contributed by atoms with E-state index in [0.29, 0.717) is 0 Å². The van der Waals surface area contributed by atoms with E-state index in [0.717, 1.165) is 11.3 Å². The van der Waals surface area contributed by atoms with Gasteiger partial charge in [-0.1, -0.05) is 6.92 Å². The highest BCUT2D eigenvalue weighted by Gasteiger charge is 2.37. The summed E-state index contributed by atoms with van der Waals surface area (Å²) in [5, 5.41) is 5.82. The molecular formula is C13H23N3O3. The van der Waals surface area contributed by atoms with Crippen LogP contribution in [0.15, 0.2) is 0 Å². The molecule has 1 heterocycles. The monoisotopic (exact) mass is 269 g/mol. The van der Waals surface area contributed by atoms with Crippen LogP contribution in [0.5, 0.6) is 0 Å². The number of nitrogens with one attached hydrogen (secondary N) is 2. The molecule has 0 aliphatic carbocycles. The van der Waals surface area contributed by atoms with Crippen LogP contribution in [0.4, 0.5) is 0 Å². The van der Waals surface area contributed by atoms with Crippen LogP contribution in [0.25, 0.3) is 0 Å². The van der Waals surface area contributed by atoms with Gasteiger partial charge in [0, 0.05) is 12.6 Å². The number of carbonyl (C=O) groups is 3. The minimum absolute atomic E-state index is 0.115. The summed E-state index contributed by atoms with van der Waals surface area (Å²) < 4.78 is 0. The van der Waals surface area contributed by atoms with Gasteiger partial charge < -0.3 is 5.32 Å². The van der Waals surface area contributed by atoms with E-state index in [1.807, 2.05) is 20.8 Å². The van der Waals surface area contributed by atoms with Crippen LogP contribution in [-0.2, 0) is 14.4 Å². The summed E-state index contributed by atoms with van der Waals surface area (Å²) in [6.45, 7) is 7.56. The summed E-state index contributed by atoms with van der Waals surface area (Å²) in [4.78, 5) is 36.2. The number of rotatable bonds is 5. The molecule has 3 amide bonds. The summed E-state index contributed by atoms with van der Waals surface area (Å²) >= 11 is 0. The van der Waals surface area contributed by atoms with Gasteiger partial charge in [0.2, 0.25) is 17.7 Å². The lowest BCUT2D eigenvalue weighted by atomic mass is 10.0. The molecule has 19 heavy (non-hydrogen) atoms. The molecule has 0 aromatic carbocycles. The quantitative estimate of drug-likeness (QED) is 0.690. The number of likely N-dealkylation sites (tertiary alicyclic amines) is 1. The van der Waals surface area contributed by atoms with Crippen molar-refractivity contribution in [3.05, 3.63) is 0 Å². The van der Waals surface area contributed by atoms with E-state index in [1.54, 1.807) is 6.92 Å². The second-order valence-corrected chi connectivity index (χ2v) is 5.66. The minimum atomic E-state index is -0.594. The molecule has 2 unspecified atom stereocenters. The summed E-state index contributed by atoms with van der Waals surface area (Å²) in [5.74, 6) is -0.662. The lowest BCUT2D eigenvalue weighted by Gasteiger charge is -2.27. The van der Waals surface area contributed by atoms with Crippen molar-refractivity contribution in [2.45, 2.75) is 58.2 Å². The first kappa shape index (κ1) is 15.6. The van der Waals surface area contributed by atoms with Crippen molar-refractivity contribution >= 4 is 17.7 Å². The van der Waals surface area contributed by atoms with Gasteiger partial charge in [-0.2, -0.15) is 0 Å². The maximum Gasteiger partial charge on any atom is 0.246 e. The summed E-state index contributed by atoms with van der Waals surface area (Å²) in [6, 6.07) is -1.11. The third kappa shape index (κ3) is 3.76. The summed E-state index contributed by atoms with van der Waals surface area (Å²) in [6.07, 6.45) is 0.930. The number of likely N-dealkylation sites (N-methyl/N-ethyl adjacent to an activating group) is 1. The van der Waals surface area contributed by atoms with Crippen LogP contribution in [0.2, 0.25) is 0 Å². The fraction of sp³-hybridized carbons (Fsp3) is 0.769. The van der Waals surface area contributed by atoms with Crippen molar-refractivity contribution in [1.82, 2.24) is 15.5 Å². The highest BCUT2D eigenvalue weighted by atomic mass is 16.2. The predicted molar refractivity (Wildman–Crippen MR) is 71.3 cm³/mol. The minimum Gasteiger partial charge on any atom is -0.350 e. The van der Waals surface area contributed by atoms with E-state index in [2.05, 4.69) is 10.6 Å². The van der Waals surface area contributed by atoms with Gasteiger partial charge in [-0.25, -0.2) is 0 Å². The molecule has 6 nitrogen and oxygen atoms in total. The van der Waals surface area contributed by atoms with Crippen molar-refractivity contribution < 1.29 is 14.4 Å². The molecule has 6 heteroatoms. The first-order valence-electron chi connectivity index (χ1n) is 6.56. The number of amides is 3. The molecule has 0 aromatic rings. The van der Waals surface area contributed by atoms with Gasteiger partial charge in [0.15, 0.2) is 0 Å². The fourth-order valence-corrected chi connectivity index (χ4v) is 1.79. The lowest BCUT2D eigenvalue weighted by Crippen LogP contribution is -2.53. The molecule has 108 valence electrons. The highest BCUT2D eigenvalue weighted by Crippen LogP contribution is 2.12. The Balaban J connectivity index is 2.56. The van der Waals surface area contributed by atoms with Crippen LogP contribution in [0.1, 0.15) is 40.5 Å². The lowest BCUT2D eigenvalue weighted by molar-refractivity contribution is -0.137. The number of hydrogen-bond donors (Lipinski definition) is 2. The molecule has 0 bridgehead atoms. The van der Waals surface area contributed by atoms with E-state index >= 15 is 0 Å². The summed E-state index contributed by atoms with van der Waals surface area (Å²) in [5.41, 5.74) is -0.278. The molecule has 2 atom stereocenters. The Morgan fingerprint density at radius 3 is 2.47 bits per heavy atom. The Hall–Kier alpha value is -1.43. The molecule has 1 aliphatic heterocycles. The molecule has 0 saturated carbocycles. The van der Waals surface area contributed by atoms with Crippen LogP contribution in [-0.4, -0.2) is 47.3 Å². The third-order valence-electron chi connectivity index (χ3n) is 3.57. The second kappa shape index (κ2) is 5.69. The van der Waals surface area contributed by atoms with Crippen LogP contribution in [0.3, 0.4) is 0 Å². The maximum absolute atomic E-state index is 12.0. The molecular weight excluding hydrogens is 246 g/mol. The van der Waals surface area contributed by atoms with Crippen molar-refractivity contribution in [2.24, 2.45) is 0 Å². The molecule has 1 aliphatic rings. The normalized spacial score (nSPS) is 21.7. The molecule has 1 saturated heterocycles. The zero-order valence-electron chi connectivity index (χ0n) is 12.2. The SMILES string of the molecule is CCC(C)(C)NC(=O)C(C)NC1CC(=O)N(C)C1=O. The zero-order chi connectivity index (χ0) is 14.8. The molecule has 1 rings (SSSR count).